The minimum absolute atomic E-state index is 0.667. The Morgan fingerprint density at radius 1 is 1.33 bits per heavy atom. The SMILES string of the molecule is O=NC1C=Cc2ccccc2O1. The molecule has 12 heavy (non-hydrogen) atoms. The molecule has 60 valence electrons. The number of rotatable bonds is 1. The normalized spacial score (nSPS) is 19.5. The van der Waals surface area contributed by atoms with Gasteiger partial charge in [-0.15, -0.1) is 4.91 Å². The fourth-order valence-corrected chi connectivity index (χ4v) is 1.14. The van der Waals surface area contributed by atoms with Crippen LogP contribution in [0, 0.1) is 4.91 Å². The lowest BCUT2D eigenvalue weighted by molar-refractivity contribution is 0.254. The van der Waals surface area contributed by atoms with E-state index in [1.165, 1.54) is 0 Å². The molecule has 1 aromatic rings. The van der Waals surface area contributed by atoms with E-state index in [-0.39, 0.29) is 0 Å². The lowest BCUT2D eigenvalue weighted by atomic mass is 10.1. The summed E-state index contributed by atoms with van der Waals surface area (Å²) in [6.45, 7) is 0. The first kappa shape index (κ1) is 7.03. The van der Waals surface area contributed by atoms with Crippen molar-refractivity contribution < 1.29 is 4.74 Å². The van der Waals surface area contributed by atoms with Gasteiger partial charge in [-0.3, -0.25) is 0 Å². The predicted octanol–water partition coefficient (Wildman–Crippen LogP) is 2.18. The van der Waals surface area contributed by atoms with Gasteiger partial charge < -0.3 is 4.74 Å². The second-order valence-electron chi connectivity index (χ2n) is 2.51. The number of fused-ring (bicyclic) bond motifs is 1. The Balaban J connectivity index is 2.39. The molecule has 0 radical (unpaired) electrons. The average molecular weight is 161 g/mol. The Labute approximate surface area is 69.6 Å². The minimum atomic E-state index is -0.667. The number of benzene rings is 1. The van der Waals surface area contributed by atoms with Crippen LogP contribution in [-0.2, 0) is 0 Å². The van der Waals surface area contributed by atoms with Crippen LogP contribution in [0.3, 0.4) is 0 Å². The van der Waals surface area contributed by atoms with E-state index >= 15 is 0 Å². The Morgan fingerprint density at radius 3 is 3.00 bits per heavy atom. The van der Waals surface area contributed by atoms with Crippen LogP contribution >= 0.6 is 0 Å². The fourth-order valence-electron chi connectivity index (χ4n) is 1.14. The summed E-state index contributed by atoms with van der Waals surface area (Å²) in [4.78, 5) is 10.1. The molecule has 0 spiro atoms. The average Bonchev–Trinajstić information content (AvgIpc) is 2.17. The predicted molar refractivity (Wildman–Crippen MR) is 45.7 cm³/mol. The van der Waals surface area contributed by atoms with Crippen molar-refractivity contribution in [3.63, 3.8) is 0 Å². The summed E-state index contributed by atoms with van der Waals surface area (Å²) in [6, 6.07) is 7.52. The van der Waals surface area contributed by atoms with Gasteiger partial charge >= 0.3 is 0 Å². The molecular weight excluding hydrogens is 154 g/mol. The van der Waals surface area contributed by atoms with E-state index in [1.54, 1.807) is 6.08 Å². The second-order valence-corrected chi connectivity index (χ2v) is 2.51. The van der Waals surface area contributed by atoms with Gasteiger partial charge in [0.15, 0.2) is 0 Å². The molecule has 1 heterocycles. The van der Waals surface area contributed by atoms with Crippen molar-refractivity contribution in [3.8, 4) is 5.75 Å². The number of nitroso groups, excluding NO2 is 1. The van der Waals surface area contributed by atoms with E-state index in [9.17, 15) is 4.91 Å². The second kappa shape index (κ2) is 2.77. The first-order valence-electron chi connectivity index (χ1n) is 3.66. The van der Waals surface area contributed by atoms with Crippen molar-refractivity contribution in [3.05, 3.63) is 40.8 Å². The van der Waals surface area contributed by atoms with Gasteiger partial charge in [-0.05, 0) is 23.4 Å². The first-order chi connectivity index (χ1) is 5.90. The van der Waals surface area contributed by atoms with Gasteiger partial charge in [0.05, 0.1) is 0 Å². The minimum Gasteiger partial charge on any atom is -0.461 e. The van der Waals surface area contributed by atoms with Crippen molar-refractivity contribution in [1.82, 2.24) is 0 Å². The molecule has 0 saturated carbocycles. The van der Waals surface area contributed by atoms with Gasteiger partial charge in [0.25, 0.3) is 0 Å². The highest BCUT2D eigenvalue weighted by atomic mass is 16.5. The van der Waals surface area contributed by atoms with Crippen LogP contribution < -0.4 is 4.74 Å². The van der Waals surface area contributed by atoms with Gasteiger partial charge in [-0.1, -0.05) is 18.2 Å². The lowest BCUT2D eigenvalue weighted by Crippen LogP contribution is -2.12. The van der Waals surface area contributed by atoms with Crippen LogP contribution in [0.5, 0.6) is 5.75 Å². The zero-order chi connectivity index (χ0) is 8.39. The summed E-state index contributed by atoms with van der Waals surface area (Å²) in [5.41, 5.74) is 0.984. The highest BCUT2D eigenvalue weighted by molar-refractivity contribution is 5.59. The third kappa shape index (κ3) is 1.09. The molecule has 0 aliphatic carbocycles. The third-order valence-corrected chi connectivity index (χ3v) is 1.71. The number of hydrogen-bond donors (Lipinski definition) is 0. The Kier molecular flexibility index (Phi) is 1.63. The van der Waals surface area contributed by atoms with Gasteiger partial charge in [0.1, 0.15) is 5.75 Å². The Hall–Kier alpha value is -1.64. The summed E-state index contributed by atoms with van der Waals surface area (Å²) < 4.78 is 5.22. The molecule has 2 rings (SSSR count). The van der Waals surface area contributed by atoms with Gasteiger partial charge in [-0.2, -0.15) is 0 Å². The van der Waals surface area contributed by atoms with Crippen molar-refractivity contribution in [2.45, 2.75) is 6.23 Å². The van der Waals surface area contributed by atoms with Crippen LogP contribution in [0.15, 0.2) is 35.5 Å². The summed E-state index contributed by atoms with van der Waals surface area (Å²) in [5.74, 6) is 0.713. The van der Waals surface area contributed by atoms with E-state index in [1.807, 2.05) is 30.3 Å². The van der Waals surface area contributed by atoms with Crippen LogP contribution in [0.4, 0.5) is 0 Å². The van der Waals surface area contributed by atoms with Gasteiger partial charge in [-0.25, -0.2) is 0 Å². The topological polar surface area (TPSA) is 38.7 Å². The Morgan fingerprint density at radius 2 is 2.17 bits per heavy atom. The van der Waals surface area contributed by atoms with Crippen LogP contribution in [0.1, 0.15) is 5.56 Å². The van der Waals surface area contributed by atoms with Crippen molar-refractivity contribution in [2.75, 3.05) is 0 Å². The van der Waals surface area contributed by atoms with E-state index in [2.05, 4.69) is 5.18 Å². The maximum atomic E-state index is 10.1. The molecule has 0 saturated heterocycles. The maximum absolute atomic E-state index is 10.1. The molecule has 0 aromatic heterocycles. The molecule has 1 atom stereocenters. The van der Waals surface area contributed by atoms with Gasteiger partial charge in [0.2, 0.25) is 6.23 Å². The number of para-hydroxylation sites is 1. The summed E-state index contributed by atoms with van der Waals surface area (Å²) in [6.07, 6.45) is 2.81. The van der Waals surface area contributed by atoms with Crippen molar-refractivity contribution in [2.24, 2.45) is 5.18 Å². The smallest absolute Gasteiger partial charge is 0.248 e. The number of nitrogens with zero attached hydrogens (tertiary/aromatic N) is 1. The number of ether oxygens (including phenoxy) is 1. The van der Waals surface area contributed by atoms with Crippen LogP contribution in [0.2, 0.25) is 0 Å². The Bertz CT molecular complexity index is 333. The van der Waals surface area contributed by atoms with Crippen molar-refractivity contribution >= 4 is 6.08 Å². The molecule has 1 aliphatic rings. The standard InChI is InChI=1S/C9H7NO2/c11-10-9-6-5-7-3-1-2-4-8(7)12-9/h1-6,9H. The van der Waals surface area contributed by atoms with E-state index in [0.29, 0.717) is 5.75 Å². The summed E-state index contributed by atoms with van der Waals surface area (Å²) >= 11 is 0. The van der Waals surface area contributed by atoms with E-state index < -0.39 is 6.23 Å². The molecule has 0 N–H and O–H groups in total. The summed E-state index contributed by atoms with van der Waals surface area (Å²) in [5, 5.41) is 2.79. The van der Waals surface area contributed by atoms with E-state index in [0.717, 1.165) is 5.56 Å². The summed E-state index contributed by atoms with van der Waals surface area (Å²) in [7, 11) is 0. The first-order valence-corrected chi connectivity index (χ1v) is 3.66. The molecule has 0 fully saturated rings. The zero-order valence-electron chi connectivity index (χ0n) is 6.31. The van der Waals surface area contributed by atoms with Crippen LogP contribution in [-0.4, -0.2) is 6.23 Å². The highest BCUT2D eigenvalue weighted by Gasteiger charge is 2.12. The quantitative estimate of drug-likeness (QED) is 0.592. The van der Waals surface area contributed by atoms with Gasteiger partial charge in [0, 0.05) is 5.56 Å². The largest absolute Gasteiger partial charge is 0.461 e. The molecule has 1 aliphatic heterocycles. The third-order valence-electron chi connectivity index (χ3n) is 1.71. The van der Waals surface area contributed by atoms with Crippen molar-refractivity contribution in [1.29, 1.82) is 0 Å². The van der Waals surface area contributed by atoms with Crippen LogP contribution in [0.25, 0.3) is 6.08 Å². The van der Waals surface area contributed by atoms with E-state index in [4.69, 9.17) is 4.74 Å². The molecule has 3 nitrogen and oxygen atoms in total. The molecule has 1 unspecified atom stereocenters. The molecule has 0 amide bonds. The monoisotopic (exact) mass is 161 g/mol. The molecular formula is C9H7NO2. The maximum Gasteiger partial charge on any atom is 0.248 e. The molecule has 3 heteroatoms. The highest BCUT2D eigenvalue weighted by Crippen LogP contribution is 2.25. The molecule has 0 bridgehead atoms. The zero-order valence-corrected chi connectivity index (χ0v) is 6.31. The lowest BCUT2D eigenvalue weighted by Gasteiger charge is -2.15. The number of hydrogen-bond acceptors (Lipinski definition) is 3. The fraction of sp³-hybridized carbons (Fsp3) is 0.111. The molecule has 1 aromatic carbocycles.